The first kappa shape index (κ1) is 38.0. The molecule has 0 aliphatic heterocycles. The molecule has 0 radical (unpaired) electrons. The molecule has 4 saturated carbocycles. The number of ether oxygens (including phenoxy) is 2. The molecule has 0 N–H and O–H groups in total. The maximum Gasteiger partial charge on any atom is 0.305 e. The van der Waals surface area contributed by atoms with E-state index in [1.54, 1.807) is 0 Å². The predicted octanol–water partition coefficient (Wildman–Crippen LogP) is 12.7. The Balaban J connectivity index is 1.04. The molecule has 4 fully saturated rings. The zero-order chi connectivity index (χ0) is 32.8. The van der Waals surface area contributed by atoms with Gasteiger partial charge in [0.25, 0.3) is 0 Å². The highest BCUT2D eigenvalue weighted by Gasteiger charge is 2.60. The second-order valence-electron chi connectivity index (χ2n) is 17.2. The number of allylic oxidation sites excluding steroid dienone is 2. The number of esters is 1. The number of fused-ring (bicyclic) bond motifs is 5. The Kier molecular flexibility index (Phi) is 16.0. The van der Waals surface area contributed by atoms with Gasteiger partial charge in [-0.1, -0.05) is 97.6 Å². The van der Waals surface area contributed by atoms with E-state index in [0.29, 0.717) is 35.9 Å². The van der Waals surface area contributed by atoms with Crippen molar-refractivity contribution in [3.8, 4) is 0 Å². The molecule has 4 rings (SSSR count). The second kappa shape index (κ2) is 19.4. The molecule has 266 valence electrons. The Morgan fingerprint density at radius 1 is 0.761 bits per heavy atom. The van der Waals surface area contributed by atoms with Crippen molar-refractivity contribution < 1.29 is 14.3 Å². The number of carbonyl (C=O) groups is 1. The van der Waals surface area contributed by atoms with E-state index in [4.69, 9.17) is 9.47 Å². The van der Waals surface area contributed by atoms with Crippen LogP contribution in [0.4, 0.5) is 0 Å². The summed E-state index contributed by atoms with van der Waals surface area (Å²) in [6.45, 7) is 10.7. The summed E-state index contributed by atoms with van der Waals surface area (Å²) < 4.78 is 11.5. The summed E-state index contributed by atoms with van der Waals surface area (Å²) in [6, 6.07) is 0. The lowest BCUT2D eigenvalue weighted by molar-refractivity contribution is -0.144. The van der Waals surface area contributed by atoms with Crippen LogP contribution in [0.1, 0.15) is 188 Å². The van der Waals surface area contributed by atoms with E-state index in [-0.39, 0.29) is 5.97 Å². The number of rotatable bonds is 21. The molecule has 0 spiro atoms. The van der Waals surface area contributed by atoms with Crippen LogP contribution >= 0.6 is 0 Å². The fourth-order valence-corrected chi connectivity index (χ4v) is 11.6. The molecule has 46 heavy (non-hydrogen) atoms. The van der Waals surface area contributed by atoms with Crippen molar-refractivity contribution in [2.24, 2.45) is 46.3 Å². The standard InChI is InChI=1S/C43H76O3/c1-6-7-8-9-10-11-12-13-14-15-16-17-18-19-20-21-32-46-41(44)27-22-34(2)38-25-26-39-37-24-23-35-33-36(45-5)28-30-42(35,3)40(37)29-31-43(38,39)4/h13-14,34-40H,6-12,15-33H2,1-5H3/b14-13-/t34-,35?,36-,37?,38?,39?,40?,42+,43-/m1/s1. The summed E-state index contributed by atoms with van der Waals surface area (Å²) in [5.74, 6) is 5.06. The van der Waals surface area contributed by atoms with Crippen LogP contribution in [0.2, 0.25) is 0 Å². The summed E-state index contributed by atoms with van der Waals surface area (Å²) in [5.41, 5.74) is 1.01. The van der Waals surface area contributed by atoms with Crippen LogP contribution in [0.5, 0.6) is 0 Å². The summed E-state index contributed by atoms with van der Waals surface area (Å²) in [4.78, 5) is 12.6. The molecule has 0 aromatic carbocycles. The van der Waals surface area contributed by atoms with Gasteiger partial charge in [-0.05, 0) is 143 Å². The van der Waals surface area contributed by atoms with E-state index in [9.17, 15) is 4.79 Å². The zero-order valence-electron chi connectivity index (χ0n) is 31.3. The van der Waals surface area contributed by atoms with Gasteiger partial charge in [-0.2, -0.15) is 0 Å². The summed E-state index contributed by atoms with van der Waals surface area (Å²) >= 11 is 0. The molecule has 0 saturated heterocycles. The first-order valence-electron chi connectivity index (χ1n) is 20.7. The molecule has 4 aliphatic carbocycles. The van der Waals surface area contributed by atoms with Crippen LogP contribution in [-0.4, -0.2) is 25.8 Å². The first-order chi connectivity index (χ1) is 22.3. The van der Waals surface area contributed by atoms with Gasteiger partial charge in [-0.25, -0.2) is 0 Å². The van der Waals surface area contributed by atoms with Crippen LogP contribution in [0.25, 0.3) is 0 Å². The molecule has 9 atom stereocenters. The monoisotopic (exact) mass is 641 g/mol. The number of carbonyl (C=O) groups excluding carboxylic acids is 1. The van der Waals surface area contributed by atoms with Crippen LogP contribution in [0.3, 0.4) is 0 Å². The van der Waals surface area contributed by atoms with Gasteiger partial charge < -0.3 is 9.47 Å². The van der Waals surface area contributed by atoms with Gasteiger partial charge in [-0.15, -0.1) is 0 Å². The second-order valence-corrected chi connectivity index (χ2v) is 17.2. The molecular weight excluding hydrogens is 564 g/mol. The quantitative estimate of drug-likeness (QED) is 0.0711. The molecule has 0 aromatic heterocycles. The molecule has 0 bridgehead atoms. The van der Waals surface area contributed by atoms with Crippen LogP contribution in [-0.2, 0) is 14.3 Å². The van der Waals surface area contributed by atoms with Gasteiger partial charge in [0, 0.05) is 13.5 Å². The van der Waals surface area contributed by atoms with Crippen molar-refractivity contribution in [1.82, 2.24) is 0 Å². The van der Waals surface area contributed by atoms with Crippen molar-refractivity contribution in [1.29, 1.82) is 0 Å². The fourth-order valence-electron chi connectivity index (χ4n) is 11.6. The summed E-state index contributed by atoms with van der Waals surface area (Å²) in [7, 11) is 1.92. The zero-order valence-corrected chi connectivity index (χ0v) is 31.3. The van der Waals surface area contributed by atoms with E-state index in [0.717, 1.165) is 42.4 Å². The van der Waals surface area contributed by atoms with Crippen molar-refractivity contribution >= 4 is 5.97 Å². The van der Waals surface area contributed by atoms with E-state index >= 15 is 0 Å². The largest absolute Gasteiger partial charge is 0.466 e. The van der Waals surface area contributed by atoms with Gasteiger partial charge in [0.1, 0.15) is 0 Å². The molecular formula is C43H76O3. The van der Waals surface area contributed by atoms with Gasteiger partial charge in [0.15, 0.2) is 0 Å². The van der Waals surface area contributed by atoms with Gasteiger partial charge in [0.05, 0.1) is 12.7 Å². The maximum absolute atomic E-state index is 12.6. The van der Waals surface area contributed by atoms with E-state index in [1.165, 1.54) is 141 Å². The highest BCUT2D eigenvalue weighted by Crippen LogP contribution is 2.68. The minimum absolute atomic E-state index is 0.0425. The third kappa shape index (κ3) is 10.1. The number of methoxy groups -OCH3 is 1. The molecule has 0 aromatic rings. The average molecular weight is 641 g/mol. The van der Waals surface area contributed by atoms with Crippen molar-refractivity contribution in [3.63, 3.8) is 0 Å². The van der Waals surface area contributed by atoms with Crippen molar-refractivity contribution in [2.45, 2.75) is 194 Å². The molecule has 4 aliphatic rings. The molecule has 0 heterocycles. The number of hydrogen-bond donors (Lipinski definition) is 0. The normalized spacial score (nSPS) is 34.6. The summed E-state index contributed by atoms with van der Waals surface area (Å²) in [6.07, 6.45) is 37.7. The van der Waals surface area contributed by atoms with Gasteiger partial charge in [-0.3, -0.25) is 4.79 Å². The topological polar surface area (TPSA) is 35.5 Å². The smallest absolute Gasteiger partial charge is 0.305 e. The van der Waals surface area contributed by atoms with E-state index in [2.05, 4.69) is 39.8 Å². The van der Waals surface area contributed by atoms with Gasteiger partial charge >= 0.3 is 5.97 Å². The lowest BCUT2D eigenvalue weighted by Gasteiger charge is -2.61. The Hall–Kier alpha value is -0.830. The Morgan fingerprint density at radius 2 is 1.39 bits per heavy atom. The third-order valence-corrected chi connectivity index (χ3v) is 14.4. The Labute approximate surface area is 286 Å². The highest BCUT2D eigenvalue weighted by atomic mass is 16.5. The number of unbranched alkanes of at least 4 members (excludes halogenated alkanes) is 12. The Bertz CT molecular complexity index is 896. The average Bonchev–Trinajstić information content (AvgIpc) is 3.42. The minimum Gasteiger partial charge on any atom is -0.466 e. The highest BCUT2D eigenvalue weighted by molar-refractivity contribution is 5.69. The predicted molar refractivity (Wildman–Crippen MR) is 195 cm³/mol. The molecule has 0 amide bonds. The van der Waals surface area contributed by atoms with E-state index in [1.807, 2.05) is 7.11 Å². The van der Waals surface area contributed by atoms with Crippen LogP contribution < -0.4 is 0 Å². The SMILES string of the molecule is CCCCCCCC/C=C\CCCCCCCCOC(=O)CC[C@@H](C)C1CCC2C3CCC4C[C@H](OC)CC[C@]4(C)C3CC[C@@]21C. The molecule has 5 unspecified atom stereocenters. The maximum atomic E-state index is 12.6. The first-order valence-corrected chi connectivity index (χ1v) is 20.7. The fraction of sp³-hybridized carbons (Fsp3) is 0.930. The van der Waals surface area contributed by atoms with Crippen molar-refractivity contribution in [3.05, 3.63) is 12.2 Å². The Morgan fingerprint density at radius 3 is 2.09 bits per heavy atom. The van der Waals surface area contributed by atoms with Gasteiger partial charge in [0.2, 0.25) is 0 Å². The van der Waals surface area contributed by atoms with E-state index < -0.39 is 0 Å². The third-order valence-electron chi connectivity index (χ3n) is 14.4. The molecule has 3 nitrogen and oxygen atoms in total. The lowest BCUT2D eigenvalue weighted by atomic mass is 9.44. The summed E-state index contributed by atoms with van der Waals surface area (Å²) in [5, 5.41) is 0. The minimum atomic E-state index is 0.0425. The van der Waals surface area contributed by atoms with Crippen molar-refractivity contribution in [2.75, 3.05) is 13.7 Å². The van der Waals surface area contributed by atoms with Crippen LogP contribution in [0.15, 0.2) is 12.2 Å². The lowest BCUT2D eigenvalue weighted by Crippen LogP contribution is -2.54. The number of hydrogen-bond acceptors (Lipinski definition) is 3. The molecule has 3 heteroatoms. The van der Waals surface area contributed by atoms with Crippen LogP contribution in [0, 0.1) is 46.3 Å².